The summed E-state index contributed by atoms with van der Waals surface area (Å²) in [5, 5.41) is 7.97. The molecule has 0 N–H and O–H groups in total. The Morgan fingerprint density at radius 2 is 1.75 bits per heavy atom. The molecule has 0 saturated heterocycles. The maximum absolute atomic E-state index is 13.0. The highest BCUT2D eigenvalue weighted by molar-refractivity contribution is 5.69. The number of carbonyl (C=O) groups is 1. The van der Waals surface area contributed by atoms with Crippen LogP contribution in [0.15, 0.2) is 63.6 Å². The Hall–Kier alpha value is -4.01. The highest BCUT2D eigenvalue weighted by atomic mass is 19.1. The van der Waals surface area contributed by atoms with E-state index in [-0.39, 0.29) is 24.5 Å². The Morgan fingerprint density at radius 1 is 1.03 bits per heavy atom. The van der Waals surface area contributed by atoms with Gasteiger partial charge in [-0.3, -0.25) is 4.79 Å². The summed E-state index contributed by atoms with van der Waals surface area (Å²) in [6, 6.07) is 13.0. The second-order valence-corrected chi connectivity index (χ2v) is 6.93. The van der Waals surface area contributed by atoms with Gasteiger partial charge in [-0.2, -0.15) is 0 Å². The topological polar surface area (TPSA) is 100 Å². The van der Waals surface area contributed by atoms with Crippen LogP contribution < -0.4 is 4.74 Å². The van der Waals surface area contributed by atoms with Crippen LogP contribution in [0.3, 0.4) is 0 Å². The molecule has 0 aliphatic rings. The van der Waals surface area contributed by atoms with Crippen molar-refractivity contribution in [3.63, 3.8) is 0 Å². The Labute approximate surface area is 183 Å². The highest BCUT2D eigenvalue weighted by Crippen LogP contribution is 2.25. The molecule has 0 aliphatic carbocycles. The van der Waals surface area contributed by atoms with E-state index < -0.39 is 12.1 Å². The van der Waals surface area contributed by atoms with Gasteiger partial charge < -0.3 is 18.3 Å². The second-order valence-electron chi connectivity index (χ2n) is 6.93. The van der Waals surface area contributed by atoms with Gasteiger partial charge in [0.25, 0.3) is 5.89 Å². The van der Waals surface area contributed by atoms with Crippen molar-refractivity contribution in [3.8, 4) is 28.5 Å². The van der Waals surface area contributed by atoms with Crippen LogP contribution in [0.25, 0.3) is 22.8 Å². The third kappa shape index (κ3) is 5.00. The number of aryl methyl sites for hydroxylation is 1. The van der Waals surface area contributed by atoms with Crippen LogP contribution in [-0.4, -0.2) is 28.3 Å². The van der Waals surface area contributed by atoms with E-state index in [0.717, 1.165) is 5.56 Å². The van der Waals surface area contributed by atoms with Crippen LogP contribution in [0.1, 0.15) is 31.2 Å². The number of oxazole rings is 1. The van der Waals surface area contributed by atoms with Crippen LogP contribution in [0, 0.1) is 5.82 Å². The maximum Gasteiger partial charge on any atom is 0.307 e. The molecule has 4 aromatic rings. The third-order valence-corrected chi connectivity index (χ3v) is 4.66. The van der Waals surface area contributed by atoms with Crippen LogP contribution in [0.4, 0.5) is 4.39 Å². The first kappa shape index (κ1) is 21.2. The molecule has 1 unspecified atom stereocenters. The zero-order chi connectivity index (χ0) is 22.5. The molecular formula is C23H20FN3O5. The lowest BCUT2D eigenvalue weighted by molar-refractivity contribution is -0.149. The largest absolute Gasteiger partial charge is 0.497 e. The zero-order valence-corrected chi connectivity index (χ0v) is 17.4. The van der Waals surface area contributed by atoms with Crippen molar-refractivity contribution in [2.45, 2.75) is 25.9 Å². The standard InChI is InChI=1S/C23H20FN3O5/c1-14(22-26-27-23(32-22)16-5-9-18(29-2)10-6-16)30-21(28)12-11-20-25-13-19(31-20)15-3-7-17(24)8-4-15/h3-10,13-14H,11-12H2,1-2H3. The highest BCUT2D eigenvalue weighted by Gasteiger charge is 2.19. The minimum Gasteiger partial charge on any atom is -0.497 e. The van der Waals surface area contributed by atoms with Crippen LogP contribution in [0.5, 0.6) is 5.75 Å². The summed E-state index contributed by atoms with van der Waals surface area (Å²) in [4.78, 5) is 16.4. The molecule has 0 radical (unpaired) electrons. The SMILES string of the molecule is COc1ccc(-c2nnc(C(C)OC(=O)CCc3ncc(-c4ccc(F)cc4)o3)o2)cc1. The van der Waals surface area contributed by atoms with Gasteiger partial charge >= 0.3 is 5.97 Å². The fourth-order valence-corrected chi connectivity index (χ4v) is 2.94. The number of ether oxygens (including phenoxy) is 2. The van der Waals surface area contributed by atoms with Crippen LogP contribution in [-0.2, 0) is 16.0 Å². The van der Waals surface area contributed by atoms with Crippen molar-refractivity contribution in [2.24, 2.45) is 0 Å². The smallest absolute Gasteiger partial charge is 0.307 e. The number of nitrogens with zero attached hydrogens (tertiary/aromatic N) is 3. The van der Waals surface area contributed by atoms with Gasteiger partial charge in [0.15, 0.2) is 17.8 Å². The van der Waals surface area contributed by atoms with Gasteiger partial charge in [0, 0.05) is 17.5 Å². The lowest BCUT2D eigenvalue weighted by Crippen LogP contribution is -2.10. The zero-order valence-electron chi connectivity index (χ0n) is 17.4. The fourth-order valence-electron chi connectivity index (χ4n) is 2.94. The van der Waals surface area contributed by atoms with Crippen LogP contribution in [0.2, 0.25) is 0 Å². The Morgan fingerprint density at radius 3 is 2.47 bits per heavy atom. The van der Waals surface area contributed by atoms with Gasteiger partial charge in [0.1, 0.15) is 11.6 Å². The van der Waals surface area contributed by atoms with E-state index in [1.165, 1.54) is 18.3 Å². The van der Waals surface area contributed by atoms with Crippen LogP contribution >= 0.6 is 0 Å². The molecule has 2 heterocycles. The Kier molecular flexibility index (Phi) is 6.25. The van der Waals surface area contributed by atoms with Gasteiger partial charge in [0.05, 0.1) is 19.7 Å². The van der Waals surface area contributed by atoms with Crippen molar-refractivity contribution in [1.82, 2.24) is 15.2 Å². The van der Waals surface area contributed by atoms with Gasteiger partial charge in [-0.1, -0.05) is 0 Å². The summed E-state index contributed by atoms with van der Waals surface area (Å²) in [5.41, 5.74) is 1.43. The van der Waals surface area contributed by atoms with E-state index in [9.17, 15) is 9.18 Å². The molecule has 32 heavy (non-hydrogen) atoms. The number of esters is 1. The normalized spacial score (nSPS) is 11.8. The van der Waals surface area contributed by atoms with Crippen molar-refractivity contribution >= 4 is 5.97 Å². The van der Waals surface area contributed by atoms with Gasteiger partial charge in [-0.25, -0.2) is 9.37 Å². The first-order chi connectivity index (χ1) is 15.5. The molecule has 1 atom stereocenters. The molecule has 0 bridgehead atoms. The summed E-state index contributed by atoms with van der Waals surface area (Å²) in [6.45, 7) is 1.65. The lowest BCUT2D eigenvalue weighted by atomic mass is 10.2. The molecule has 2 aromatic heterocycles. The first-order valence-corrected chi connectivity index (χ1v) is 9.90. The molecule has 164 valence electrons. The van der Waals surface area contributed by atoms with Gasteiger partial charge in [0.2, 0.25) is 5.89 Å². The van der Waals surface area contributed by atoms with E-state index in [0.29, 0.717) is 28.9 Å². The van der Waals surface area contributed by atoms with E-state index in [4.69, 9.17) is 18.3 Å². The minimum atomic E-state index is -0.707. The van der Waals surface area contributed by atoms with E-state index in [2.05, 4.69) is 15.2 Å². The molecule has 2 aromatic carbocycles. The average molecular weight is 437 g/mol. The van der Waals surface area contributed by atoms with E-state index in [1.54, 1.807) is 50.4 Å². The van der Waals surface area contributed by atoms with Gasteiger partial charge in [-0.15, -0.1) is 10.2 Å². The molecule has 8 nitrogen and oxygen atoms in total. The summed E-state index contributed by atoms with van der Waals surface area (Å²) in [6.07, 6.45) is 1.15. The number of rotatable bonds is 8. The molecule has 4 rings (SSSR count). The molecule has 0 fully saturated rings. The molecule has 0 amide bonds. The van der Waals surface area contributed by atoms with Crippen molar-refractivity contribution in [3.05, 3.63) is 72.3 Å². The minimum absolute atomic E-state index is 0.0627. The van der Waals surface area contributed by atoms with Crippen molar-refractivity contribution in [1.29, 1.82) is 0 Å². The number of methoxy groups -OCH3 is 1. The lowest BCUT2D eigenvalue weighted by Gasteiger charge is -2.08. The summed E-state index contributed by atoms with van der Waals surface area (Å²) >= 11 is 0. The number of benzene rings is 2. The molecule has 0 saturated carbocycles. The number of halogens is 1. The predicted molar refractivity (Wildman–Crippen MR) is 111 cm³/mol. The molecule has 0 aliphatic heterocycles. The Balaban J connectivity index is 1.30. The average Bonchev–Trinajstić information content (AvgIpc) is 3.49. The van der Waals surface area contributed by atoms with Gasteiger partial charge in [-0.05, 0) is 55.5 Å². The quantitative estimate of drug-likeness (QED) is 0.363. The molecule has 9 heteroatoms. The van der Waals surface area contributed by atoms with Crippen molar-refractivity contribution in [2.75, 3.05) is 7.11 Å². The summed E-state index contributed by atoms with van der Waals surface area (Å²) < 4.78 is 34.8. The van der Waals surface area contributed by atoms with E-state index >= 15 is 0 Å². The number of hydrogen-bond donors (Lipinski definition) is 0. The van der Waals surface area contributed by atoms with Crippen molar-refractivity contribution < 1.29 is 27.5 Å². The summed E-state index contributed by atoms with van der Waals surface area (Å²) in [5.74, 6) is 1.32. The summed E-state index contributed by atoms with van der Waals surface area (Å²) in [7, 11) is 1.59. The van der Waals surface area contributed by atoms with E-state index in [1.807, 2.05) is 0 Å². The number of carbonyl (C=O) groups excluding carboxylic acids is 1. The monoisotopic (exact) mass is 437 g/mol. The number of hydrogen-bond acceptors (Lipinski definition) is 8. The molecule has 0 spiro atoms. The Bertz CT molecular complexity index is 1190. The number of aromatic nitrogens is 3. The predicted octanol–water partition coefficient (Wildman–Crippen LogP) is 4.78. The third-order valence-electron chi connectivity index (χ3n) is 4.66. The second kappa shape index (κ2) is 9.42. The maximum atomic E-state index is 13.0. The first-order valence-electron chi connectivity index (χ1n) is 9.90. The molecular weight excluding hydrogens is 417 g/mol. The fraction of sp³-hybridized carbons (Fsp3) is 0.217.